The number of ether oxygens (including phenoxy) is 1. The van der Waals surface area contributed by atoms with Gasteiger partial charge in [-0.1, -0.05) is 44.5 Å². The predicted molar refractivity (Wildman–Crippen MR) is 80.4 cm³/mol. The molecule has 2 heteroatoms. The zero-order valence-electron chi connectivity index (χ0n) is 12.7. The molecule has 1 aliphatic rings. The Morgan fingerprint density at radius 1 is 1.26 bits per heavy atom. The fourth-order valence-electron chi connectivity index (χ4n) is 2.91. The molecule has 3 atom stereocenters. The van der Waals surface area contributed by atoms with Gasteiger partial charge < -0.3 is 10.1 Å². The first-order valence-corrected chi connectivity index (χ1v) is 7.58. The van der Waals surface area contributed by atoms with Crippen molar-refractivity contribution in [1.29, 1.82) is 0 Å². The molecule has 1 aromatic rings. The lowest BCUT2D eigenvalue weighted by Crippen LogP contribution is -2.53. The topological polar surface area (TPSA) is 21.3 Å². The molecule has 0 bridgehead atoms. The van der Waals surface area contributed by atoms with E-state index in [0.717, 1.165) is 25.8 Å². The van der Waals surface area contributed by atoms with E-state index in [1.165, 1.54) is 11.1 Å². The summed E-state index contributed by atoms with van der Waals surface area (Å²) < 4.78 is 6.42. The lowest BCUT2D eigenvalue weighted by Gasteiger charge is -2.43. The highest BCUT2D eigenvalue weighted by molar-refractivity contribution is 5.25. The third-order valence-electron chi connectivity index (χ3n) is 4.16. The monoisotopic (exact) mass is 261 g/mol. The van der Waals surface area contributed by atoms with Crippen LogP contribution in [-0.4, -0.2) is 18.2 Å². The number of hydrogen-bond donors (Lipinski definition) is 1. The zero-order chi connectivity index (χ0) is 13.9. The number of benzene rings is 1. The molecule has 0 saturated carbocycles. The second-order valence-electron chi connectivity index (χ2n) is 6.00. The van der Waals surface area contributed by atoms with Crippen LogP contribution in [0.4, 0.5) is 0 Å². The van der Waals surface area contributed by atoms with Crippen LogP contribution in [0.3, 0.4) is 0 Å². The van der Waals surface area contributed by atoms with Crippen molar-refractivity contribution in [3.63, 3.8) is 0 Å². The molecule has 0 radical (unpaired) electrons. The van der Waals surface area contributed by atoms with Crippen LogP contribution in [0.15, 0.2) is 24.3 Å². The molecule has 2 rings (SSSR count). The molecule has 0 amide bonds. The molecule has 2 nitrogen and oxygen atoms in total. The second kappa shape index (κ2) is 6.06. The van der Waals surface area contributed by atoms with Crippen molar-refractivity contribution < 1.29 is 4.74 Å². The summed E-state index contributed by atoms with van der Waals surface area (Å²) in [6, 6.07) is 9.25. The summed E-state index contributed by atoms with van der Waals surface area (Å²) in [7, 11) is 0. The molecule has 1 saturated heterocycles. The van der Waals surface area contributed by atoms with Crippen LogP contribution < -0.4 is 5.32 Å². The maximum Gasteiger partial charge on any atom is 0.0983 e. The fourth-order valence-corrected chi connectivity index (χ4v) is 2.91. The predicted octanol–water partition coefficient (Wildman–Crippen LogP) is 3.86. The summed E-state index contributed by atoms with van der Waals surface area (Å²) >= 11 is 0. The molecular formula is C17H27NO. The van der Waals surface area contributed by atoms with Gasteiger partial charge in [-0.25, -0.2) is 0 Å². The Hall–Kier alpha value is -0.860. The maximum atomic E-state index is 6.42. The van der Waals surface area contributed by atoms with Crippen molar-refractivity contribution in [2.75, 3.05) is 6.54 Å². The Labute approximate surface area is 117 Å². The Bertz CT molecular complexity index is 400. The average molecular weight is 261 g/mol. The van der Waals surface area contributed by atoms with E-state index in [1.807, 2.05) is 0 Å². The third-order valence-corrected chi connectivity index (χ3v) is 4.16. The van der Waals surface area contributed by atoms with Crippen LogP contribution >= 0.6 is 0 Å². The van der Waals surface area contributed by atoms with Crippen molar-refractivity contribution in [2.24, 2.45) is 0 Å². The normalized spacial score (nSPS) is 31.4. The lowest BCUT2D eigenvalue weighted by molar-refractivity contribution is -0.129. The molecule has 106 valence electrons. The van der Waals surface area contributed by atoms with Gasteiger partial charge >= 0.3 is 0 Å². The van der Waals surface area contributed by atoms with E-state index in [2.05, 4.69) is 57.3 Å². The van der Waals surface area contributed by atoms with Gasteiger partial charge in [-0.15, -0.1) is 0 Å². The van der Waals surface area contributed by atoms with Crippen LogP contribution in [-0.2, 0) is 11.2 Å². The van der Waals surface area contributed by atoms with Crippen LogP contribution in [0.2, 0.25) is 0 Å². The highest BCUT2D eigenvalue weighted by atomic mass is 16.5. The van der Waals surface area contributed by atoms with Gasteiger partial charge in [0.2, 0.25) is 0 Å². The number of aryl methyl sites for hydroxylation is 1. The molecule has 19 heavy (non-hydrogen) atoms. The van der Waals surface area contributed by atoms with Gasteiger partial charge in [-0.05, 0) is 37.8 Å². The molecule has 3 unspecified atom stereocenters. The molecule has 0 aliphatic carbocycles. The number of hydrogen-bond acceptors (Lipinski definition) is 2. The maximum absolute atomic E-state index is 6.42. The minimum atomic E-state index is -0.0324. The molecule has 1 aromatic carbocycles. The van der Waals surface area contributed by atoms with E-state index in [4.69, 9.17) is 4.74 Å². The summed E-state index contributed by atoms with van der Waals surface area (Å²) in [6.45, 7) is 9.80. The van der Waals surface area contributed by atoms with E-state index in [0.29, 0.717) is 6.04 Å². The van der Waals surface area contributed by atoms with Crippen molar-refractivity contribution in [3.05, 3.63) is 35.4 Å². The molecule has 1 fully saturated rings. The zero-order valence-corrected chi connectivity index (χ0v) is 12.7. The lowest BCUT2D eigenvalue weighted by atomic mass is 9.93. The first kappa shape index (κ1) is 14.5. The average Bonchev–Trinajstić information content (AvgIpc) is 2.42. The first-order chi connectivity index (χ1) is 9.08. The fraction of sp³-hybridized carbons (Fsp3) is 0.647. The quantitative estimate of drug-likeness (QED) is 0.888. The highest BCUT2D eigenvalue weighted by Gasteiger charge is 2.36. The second-order valence-corrected chi connectivity index (χ2v) is 6.00. The molecule has 0 spiro atoms. The van der Waals surface area contributed by atoms with Gasteiger partial charge in [0.25, 0.3) is 0 Å². The van der Waals surface area contributed by atoms with Crippen LogP contribution in [0.1, 0.15) is 57.8 Å². The number of morpholine rings is 1. The molecule has 1 heterocycles. The summed E-state index contributed by atoms with van der Waals surface area (Å²) in [5.74, 6) is 0. The van der Waals surface area contributed by atoms with Gasteiger partial charge in [0.05, 0.1) is 11.7 Å². The van der Waals surface area contributed by atoms with E-state index in [-0.39, 0.29) is 11.7 Å². The van der Waals surface area contributed by atoms with Gasteiger partial charge in [0, 0.05) is 12.6 Å². The molecule has 0 aromatic heterocycles. The van der Waals surface area contributed by atoms with Gasteiger partial charge in [-0.2, -0.15) is 0 Å². The summed E-state index contributed by atoms with van der Waals surface area (Å²) in [6.07, 6.45) is 3.52. The van der Waals surface area contributed by atoms with Crippen molar-refractivity contribution >= 4 is 0 Å². The molecule has 1 aliphatic heterocycles. The van der Waals surface area contributed by atoms with Crippen LogP contribution in [0, 0.1) is 0 Å². The Kier molecular flexibility index (Phi) is 4.64. The van der Waals surface area contributed by atoms with Gasteiger partial charge in [-0.3, -0.25) is 0 Å². The Balaban J connectivity index is 2.15. The Morgan fingerprint density at radius 3 is 2.53 bits per heavy atom. The number of nitrogens with one attached hydrogen (secondary N) is 1. The summed E-state index contributed by atoms with van der Waals surface area (Å²) in [4.78, 5) is 0. The number of rotatable bonds is 4. The van der Waals surface area contributed by atoms with Gasteiger partial charge in [0.1, 0.15) is 0 Å². The minimum Gasteiger partial charge on any atom is -0.364 e. The molecular weight excluding hydrogens is 234 g/mol. The van der Waals surface area contributed by atoms with E-state index < -0.39 is 0 Å². The third kappa shape index (κ3) is 3.37. The minimum absolute atomic E-state index is 0.0324. The van der Waals surface area contributed by atoms with Crippen LogP contribution in [0.5, 0.6) is 0 Å². The standard InChI is InChI=1S/C17H27NO/c1-5-11-17(4)12-18-13(3)16(19-17)15-9-7-14(6-2)8-10-15/h7-10,13,16,18H,5-6,11-12H2,1-4H3. The summed E-state index contributed by atoms with van der Waals surface area (Å²) in [5, 5.41) is 3.61. The molecule has 1 N–H and O–H groups in total. The van der Waals surface area contributed by atoms with Gasteiger partial charge in [0.15, 0.2) is 0 Å². The summed E-state index contributed by atoms with van der Waals surface area (Å²) in [5.41, 5.74) is 2.64. The SMILES string of the molecule is CCCC1(C)CNC(C)C(c2ccc(CC)cc2)O1. The Morgan fingerprint density at radius 2 is 1.95 bits per heavy atom. The highest BCUT2D eigenvalue weighted by Crippen LogP contribution is 2.33. The first-order valence-electron chi connectivity index (χ1n) is 7.58. The van der Waals surface area contributed by atoms with Crippen molar-refractivity contribution in [2.45, 2.75) is 64.7 Å². The van der Waals surface area contributed by atoms with Crippen LogP contribution in [0.25, 0.3) is 0 Å². The van der Waals surface area contributed by atoms with E-state index in [1.54, 1.807) is 0 Å². The van der Waals surface area contributed by atoms with E-state index >= 15 is 0 Å². The van der Waals surface area contributed by atoms with Crippen molar-refractivity contribution in [3.8, 4) is 0 Å². The van der Waals surface area contributed by atoms with E-state index in [9.17, 15) is 0 Å². The van der Waals surface area contributed by atoms with Crippen molar-refractivity contribution in [1.82, 2.24) is 5.32 Å². The largest absolute Gasteiger partial charge is 0.364 e. The smallest absolute Gasteiger partial charge is 0.0983 e.